The minimum atomic E-state index is 0.429. The topological polar surface area (TPSA) is 0 Å². The lowest BCUT2D eigenvalue weighted by molar-refractivity contribution is 0.369. The highest BCUT2D eigenvalue weighted by Crippen LogP contribution is 2.37. The summed E-state index contributed by atoms with van der Waals surface area (Å²) in [6.07, 6.45) is 15.3. The molecule has 120 valence electrons. The standard InChI is InChI=1S/C19H35BS/c1-4-6-8-10-12-16-19(3,15-11-9-7-5-2)17-13-14-18(20)21-17/h13-14H,4-12,15-16,20H2,1-3H3. The van der Waals surface area contributed by atoms with E-state index < -0.39 is 0 Å². The van der Waals surface area contributed by atoms with E-state index in [9.17, 15) is 0 Å². The quantitative estimate of drug-likeness (QED) is 0.348. The molecule has 0 aromatic carbocycles. The summed E-state index contributed by atoms with van der Waals surface area (Å²) < 4.78 is 1.47. The molecule has 0 amide bonds. The molecular formula is C19H35BS. The molecule has 0 fully saturated rings. The Hall–Kier alpha value is -0.235. The molecule has 21 heavy (non-hydrogen) atoms. The van der Waals surface area contributed by atoms with Crippen molar-refractivity contribution in [3.8, 4) is 0 Å². The number of hydrogen-bond acceptors (Lipinski definition) is 1. The maximum absolute atomic E-state index is 2.52. The lowest BCUT2D eigenvalue weighted by Gasteiger charge is -2.29. The third-order valence-electron chi connectivity index (χ3n) is 4.75. The Kier molecular flexibility index (Phi) is 9.39. The van der Waals surface area contributed by atoms with Crippen molar-refractivity contribution in [3.63, 3.8) is 0 Å². The Morgan fingerprint density at radius 2 is 1.38 bits per heavy atom. The molecule has 1 rings (SSSR count). The van der Waals surface area contributed by atoms with Crippen LogP contribution in [0.2, 0.25) is 0 Å². The van der Waals surface area contributed by atoms with Gasteiger partial charge in [0.05, 0.1) is 0 Å². The van der Waals surface area contributed by atoms with Gasteiger partial charge in [0.1, 0.15) is 0 Å². The predicted octanol–water partition coefficient (Wildman–Crippen LogP) is 5.60. The van der Waals surface area contributed by atoms with Crippen molar-refractivity contribution in [2.75, 3.05) is 0 Å². The van der Waals surface area contributed by atoms with E-state index in [4.69, 9.17) is 0 Å². The van der Waals surface area contributed by atoms with Gasteiger partial charge >= 0.3 is 0 Å². The molecule has 0 aliphatic carbocycles. The van der Waals surface area contributed by atoms with Crippen molar-refractivity contribution < 1.29 is 0 Å². The van der Waals surface area contributed by atoms with E-state index in [0.29, 0.717) is 5.41 Å². The zero-order chi connectivity index (χ0) is 15.6. The second-order valence-corrected chi connectivity index (χ2v) is 8.23. The molecule has 1 atom stereocenters. The highest BCUT2D eigenvalue weighted by Gasteiger charge is 2.26. The molecule has 0 saturated heterocycles. The molecule has 1 aromatic heterocycles. The molecule has 0 aliphatic heterocycles. The molecule has 0 radical (unpaired) electrons. The molecule has 1 heterocycles. The molecule has 0 spiro atoms. The summed E-state index contributed by atoms with van der Waals surface area (Å²) in [6.45, 7) is 7.12. The summed E-state index contributed by atoms with van der Waals surface area (Å²) in [5, 5.41) is 0. The van der Waals surface area contributed by atoms with Crippen molar-refractivity contribution >= 4 is 24.0 Å². The van der Waals surface area contributed by atoms with Crippen LogP contribution >= 0.6 is 11.3 Å². The SMILES string of the molecule is Bc1ccc(C(C)(CCCCCC)CCCCCCC)s1. The van der Waals surface area contributed by atoms with Gasteiger partial charge in [0.15, 0.2) is 7.85 Å². The minimum absolute atomic E-state index is 0.429. The molecule has 0 N–H and O–H groups in total. The van der Waals surface area contributed by atoms with Crippen LogP contribution in [0.1, 0.15) is 96.3 Å². The third kappa shape index (κ3) is 7.04. The van der Waals surface area contributed by atoms with E-state index >= 15 is 0 Å². The first-order chi connectivity index (χ1) is 10.1. The number of hydrogen-bond donors (Lipinski definition) is 0. The molecular weight excluding hydrogens is 271 g/mol. The molecule has 0 aliphatic rings. The molecule has 0 nitrogen and oxygen atoms in total. The minimum Gasteiger partial charge on any atom is -0.156 e. The van der Waals surface area contributed by atoms with Crippen LogP contribution in [-0.4, -0.2) is 7.85 Å². The van der Waals surface area contributed by atoms with Crippen LogP contribution in [0.4, 0.5) is 0 Å². The normalized spacial score (nSPS) is 14.2. The van der Waals surface area contributed by atoms with E-state index in [1.807, 2.05) is 11.3 Å². The van der Waals surface area contributed by atoms with Gasteiger partial charge in [0.25, 0.3) is 0 Å². The zero-order valence-corrected chi connectivity index (χ0v) is 15.7. The van der Waals surface area contributed by atoms with Crippen LogP contribution in [0.3, 0.4) is 0 Å². The van der Waals surface area contributed by atoms with E-state index in [-0.39, 0.29) is 0 Å². The molecule has 1 aromatic rings. The number of thiophene rings is 1. The van der Waals surface area contributed by atoms with Crippen LogP contribution in [0.25, 0.3) is 0 Å². The number of rotatable bonds is 12. The Morgan fingerprint density at radius 3 is 1.86 bits per heavy atom. The fraction of sp³-hybridized carbons (Fsp3) is 0.789. The second-order valence-electron chi connectivity index (χ2n) is 6.95. The summed E-state index contributed by atoms with van der Waals surface area (Å²) >= 11 is 2.03. The highest BCUT2D eigenvalue weighted by molar-refractivity contribution is 7.20. The summed E-state index contributed by atoms with van der Waals surface area (Å²) in [5.74, 6) is 0. The van der Waals surface area contributed by atoms with Gasteiger partial charge in [-0.05, 0) is 23.7 Å². The zero-order valence-electron chi connectivity index (χ0n) is 14.8. The van der Waals surface area contributed by atoms with Gasteiger partial charge in [-0.15, -0.1) is 0 Å². The van der Waals surface area contributed by atoms with Crippen molar-refractivity contribution in [2.45, 2.75) is 96.8 Å². The van der Waals surface area contributed by atoms with Gasteiger partial charge in [-0.3, -0.25) is 0 Å². The summed E-state index contributed by atoms with van der Waals surface area (Å²) in [4.78, 5) is 1.63. The van der Waals surface area contributed by atoms with Gasteiger partial charge in [0, 0.05) is 10.3 Å². The Labute approximate surface area is 138 Å². The third-order valence-corrected chi connectivity index (χ3v) is 6.06. The van der Waals surface area contributed by atoms with Crippen molar-refractivity contribution in [3.05, 3.63) is 17.0 Å². The van der Waals surface area contributed by atoms with E-state index in [2.05, 4.69) is 40.8 Å². The second kappa shape index (κ2) is 10.5. The highest BCUT2D eigenvalue weighted by atomic mass is 32.1. The summed E-state index contributed by atoms with van der Waals surface area (Å²) in [7, 11) is 2.24. The molecule has 0 bridgehead atoms. The van der Waals surface area contributed by atoms with E-state index in [1.165, 1.54) is 75.4 Å². The average Bonchev–Trinajstić information content (AvgIpc) is 2.91. The van der Waals surface area contributed by atoms with Gasteiger partial charge in [-0.25, -0.2) is 0 Å². The fourth-order valence-electron chi connectivity index (χ4n) is 3.19. The van der Waals surface area contributed by atoms with Crippen molar-refractivity contribution in [1.29, 1.82) is 0 Å². The summed E-state index contributed by atoms with van der Waals surface area (Å²) in [6, 6.07) is 4.70. The van der Waals surface area contributed by atoms with Crippen molar-refractivity contribution in [1.82, 2.24) is 0 Å². The monoisotopic (exact) mass is 306 g/mol. The Bertz CT molecular complexity index is 371. The van der Waals surface area contributed by atoms with Crippen LogP contribution in [0.15, 0.2) is 12.1 Å². The van der Waals surface area contributed by atoms with Gasteiger partial charge in [-0.2, -0.15) is 11.3 Å². The average molecular weight is 306 g/mol. The van der Waals surface area contributed by atoms with Crippen LogP contribution in [0, 0.1) is 0 Å². The number of unbranched alkanes of at least 4 members (excludes halogenated alkanes) is 7. The molecule has 2 heteroatoms. The van der Waals surface area contributed by atoms with Gasteiger partial charge in [-0.1, -0.05) is 84.6 Å². The molecule has 0 saturated carbocycles. The summed E-state index contributed by atoms with van der Waals surface area (Å²) in [5.41, 5.74) is 0.429. The van der Waals surface area contributed by atoms with E-state index in [1.54, 1.807) is 4.88 Å². The van der Waals surface area contributed by atoms with Gasteiger partial charge in [0.2, 0.25) is 0 Å². The lowest BCUT2D eigenvalue weighted by atomic mass is 9.78. The molecule has 1 unspecified atom stereocenters. The van der Waals surface area contributed by atoms with Crippen molar-refractivity contribution in [2.24, 2.45) is 0 Å². The van der Waals surface area contributed by atoms with Gasteiger partial charge < -0.3 is 0 Å². The Morgan fingerprint density at radius 1 is 0.857 bits per heavy atom. The van der Waals surface area contributed by atoms with Crippen LogP contribution in [0.5, 0.6) is 0 Å². The largest absolute Gasteiger partial charge is 0.156 e. The maximum Gasteiger partial charge on any atom is 0.152 e. The lowest BCUT2D eigenvalue weighted by Crippen LogP contribution is -2.20. The first-order valence-corrected chi connectivity index (χ1v) is 10.0. The first kappa shape index (κ1) is 18.8. The first-order valence-electron chi connectivity index (χ1n) is 9.19. The fourth-order valence-corrected chi connectivity index (χ4v) is 4.26. The van der Waals surface area contributed by atoms with Crippen LogP contribution in [-0.2, 0) is 5.41 Å². The maximum atomic E-state index is 2.52. The van der Waals surface area contributed by atoms with Crippen LogP contribution < -0.4 is 4.78 Å². The Balaban J connectivity index is 2.52. The smallest absolute Gasteiger partial charge is 0.152 e. The predicted molar refractivity (Wildman–Crippen MR) is 102 cm³/mol. The van der Waals surface area contributed by atoms with E-state index in [0.717, 1.165) is 0 Å².